The van der Waals surface area contributed by atoms with E-state index in [9.17, 15) is 13.2 Å². The number of anilines is 1. The van der Waals surface area contributed by atoms with Crippen molar-refractivity contribution in [2.24, 2.45) is 5.92 Å². The zero-order chi connectivity index (χ0) is 19.3. The molecule has 0 fully saturated rings. The van der Waals surface area contributed by atoms with Crippen molar-refractivity contribution in [2.45, 2.75) is 38.1 Å². The van der Waals surface area contributed by atoms with E-state index in [1.807, 2.05) is 13.0 Å². The van der Waals surface area contributed by atoms with E-state index in [1.54, 1.807) is 48.3 Å². The summed E-state index contributed by atoms with van der Waals surface area (Å²) in [5.41, 5.74) is 0.969. The van der Waals surface area contributed by atoms with E-state index in [0.29, 0.717) is 17.2 Å². The molecule has 1 N–H and O–H groups in total. The van der Waals surface area contributed by atoms with Gasteiger partial charge in [-0.05, 0) is 55.7 Å². The van der Waals surface area contributed by atoms with Gasteiger partial charge in [-0.3, -0.25) is 9.52 Å². The summed E-state index contributed by atoms with van der Waals surface area (Å²) in [7, 11) is -1.91. The molecule has 1 unspecified atom stereocenters. The molecule has 2 aromatic rings. The topological polar surface area (TPSA) is 66.5 Å². The number of hydrogen-bond donors (Lipinski definition) is 1. The van der Waals surface area contributed by atoms with E-state index < -0.39 is 10.0 Å². The summed E-state index contributed by atoms with van der Waals surface area (Å²) in [5, 5.41) is 0. The largest absolute Gasteiger partial charge is 0.339 e. The summed E-state index contributed by atoms with van der Waals surface area (Å²) >= 11 is 0. The molecule has 5 nitrogen and oxygen atoms in total. The Labute approximate surface area is 156 Å². The lowest BCUT2D eigenvalue weighted by Crippen LogP contribution is -2.35. The van der Waals surface area contributed by atoms with Crippen molar-refractivity contribution in [2.75, 3.05) is 11.8 Å². The normalized spacial score (nSPS) is 12.7. The van der Waals surface area contributed by atoms with Gasteiger partial charge in [0.1, 0.15) is 0 Å². The van der Waals surface area contributed by atoms with Crippen LogP contribution >= 0.6 is 0 Å². The number of carbonyl (C=O) groups is 1. The Morgan fingerprint density at radius 3 is 2.12 bits per heavy atom. The molecule has 6 heteroatoms. The molecule has 140 valence electrons. The van der Waals surface area contributed by atoms with Gasteiger partial charge >= 0.3 is 0 Å². The second kappa shape index (κ2) is 8.36. The molecule has 0 aliphatic carbocycles. The van der Waals surface area contributed by atoms with E-state index in [2.05, 4.69) is 18.6 Å². The maximum Gasteiger partial charge on any atom is 0.261 e. The highest BCUT2D eigenvalue weighted by atomic mass is 32.2. The molecule has 0 aromatic heterocycles. The van der Waals surface area contributed by atoms with E-state index in [4.69, 9.17) is 0 Å². The molecule has 0 bridgehead atoms. The zero-order valence-electron chi connectivity index (χ0n) is 15.6. The molecule has 0 heterocycles. The fourth-order valence-corrected chi connectivity index (χ4v) is 3.80. The molecule has 0 aliphatic rings. The van der Waals surface area contributed by atoms with Gasteiger partial charge in [0.2, 0.25) is 0 Å². The first-order valence-electron chi connectivity index (χ1n) is 8.66. The minimum absolute atomic E-state index is 0.113. The molecule has 0 saturated carbocycles. The van der Waals surface area contributed by atoms with E-state index in [1.165, 1.54) is 12.1 Å². The van der Waals surface area contributed by atoms with Crippen LogP contribution in [0.15, 0.2) is 59.5 Å². The van der Waals surface area contributed by atoms with Crippen LogP contribution in [0.3, 0.4) is 0 Å². The van der Waals surface area contributed by atoms with Crippen molar-refractivity contribution < 1.29 is 13.2 Å². The molecule has 0 aliphatic heterocycles. The highest BCUT2D eigenvalue weighted by molar-refractivity contribution is 7.92. The Bertz CT molecular complexity index is 831. The van der Waals surface area contributed by atoms with E-state index >= 15 is 0 Å². The van der Waals surface area contributed by atoms with E-state index in [-0.39, 0.29) is 16.8 Å². The second-order valence-electron chi connectivity index (χ2n) is 6.89. The predicted molar refractivity (Wildman–Crippen MR) is 105 cm³/mol. The smallest absolute Gasteiger partial charge is 0.261 e. The van der Waals surface area contributed by atoms with Crippen LogP contribution in [-0.2, 0) is 10.0 Å². The average molecular weight is 375 g/mol. The van der Waals surface area contributed by atoms with E-state index in [0.717, 1.165) is 6.42 Å². The SMILES string of the molecule is CC(C)CC(C)N(C)C(=O)c1ccc(S(=O)(=O)Nc2ccccc2)cc1. The van der Waals surface area contributed by atoms with Crippen LogP contribution in [0.5, 0.6) is 0 Å². The van der Waals surface area contributed by atoms with Crippen LogP contribution in [0.25, 0.3) is 0 Å². The molecule has 1 amide bonds. The van der Waals surface area contributed by atoms with Crippen LogP contribution in [0.4, 0.5) is 5.69 Å². The lowest BCUT2D eigenvalue weighted by atomic mass is 10.0. The van der Waals surface area contributed by atoms with Crippen molar-refractivity contribution in [3.05, 3.63) is 60.2 Å². The monoisotopic (exact) mass is 374 g/mol. The number of nitrogens with one attached hydrogen (secondary N) is 1. The third-order valence-corrected chi connectivity index (χ3v) is 5.63. The zero-order valence-corrected chi connectivity index (χ0v) is 16.5. The Kier molecular flexibility index (Phi) is 6.42. The van der Waals surface area contributed by atoms with Gasteiger partial charge in [0.15, 0.2) is 0 Å². The maximum absolute atomic E-state index is 12.6. The minimum Gasteiger partial charge on any atom is -0.339 e. The fraction of sp³-hybridized carbons (Fsp3) is 0.350. The molecule has 1 atom stereocenters. The van der Waals surface area contributed by atoms with Gasteiger partial charge in [0.05, 0.1) is 4.90 Å². The van der Waals surface area contributed by atoms with Gasteiger partial charge in [0, 0.05) is 24.3 Å². The lowest BCUT2D eigenvalue weighted by molar-refractivity contribution is 0.0728. The molecule has 2 aromatic carbocycles. The molecule has 2 rings (SSSR count). The van der Waals surface area contributed by atoms with Gasteiger partial charge in [0.25, 0.3) is 15.9 Å². The molecule has 0 saturated heterocycles. The second-order valence-corrected chi connectivity index (χ2v) is 8.57. The van der Waals surface area contributed by atoms with Gasteiger partial charge < -0.3 is 4.90 Å². The molecule has 26 heavy (non-hydrogen) atoms. The van der Waals surface area contributed by atoms with Crippen molar-refractivity contribution in [1.29, 1.82) is 0 Å². The third kappa shape index (κ3) is 5.08. The third-order valence-electron chi connectivity index (χ3n) is 4.23. The molecule has 0 spiro atoms. The summed E-state index contributed by atoms with van der Waals surface area (Å²) in [6.07, 6.45) is 0.912. The summed E-state index contributed by atoms with van der Waals surface area (Å²) in [4.78, 5) is 14.4. The van der Waals surface area contributed by atoms with Crippen LogP contribution in [0.1, 0.15) is 37.6 Å². The lowest BCUT2D eigenvalue weighted by Gasteiger charge is -2.26. The van der Waals surface area contributed by atoms with Gasteiger partial charge in [-0.15, -0.1) is 0 Å². The number of para-hydroxylation sites is 1. The standard InChI is InChI=1S/C20H26N2O3S/c1-15(2)14-16(3)22(4)20(23)17-10-12-19(13-11-17)26(24,25)21-18-8-6-5-7-9-18/h5-13,15-16,21H,14H2,1-4H3. The first-order valence-corrected chi connectivity index (χ1v) is 10.1. The number of hydrogen-bond acceptors (Lipinski definition) is 3. The van der Waals surface area contributed by atoms with Crippen LogP contribution < -0.4 is 4.72 Å². The summed E-state index contributed by atoms with van der Waals surface area (Å²) < 4.78 is 27.4. The highest BCUT2D eigenvalue weighted by Gasteiger charge is 2.20. The van der Waals surface area contributed by atoms with Gasteiger partial charge in [-0.2, -0.15) is 0 Å². The van der Waals surface area contributed by atoms with Crippen LogP contribution in [-0.4, -0.2) is 32.3 Å². The van der Waals surface area contributed by atoms with Crippen LogP contribution in [0, 0.1) is 5.92 Å². The Morgan fingerprint density at radius 1 is 1.00 bits per heavy atom. The number of benzene rings is 2. The van der Waals surface area contributed by atoms with Crippen molar-refractivity contribution >= 4 is 21.6 Å². The van der Waals surface area contributed by atoms with Crippen molar-refractivity contribution in [3.63, 3.8) is 0 Å². The molecular formula is C20H26N2O3S. The first kappa shape index (κ1) is 20.0. The van der Waals surface area contributed by atoms with Gasteiger partial charge in [-0.25, -0.2) is 8.42 Å². The Morgan fingerprint density at radius 2 is 1.58 bits per heavy atom. The highest BCUT2D eigenvalue weighted by Crippen LogP contribution is 2.18. The number of amides is 1. The summed E-state index contributed by atoms with van der Waals surface area (Å²) in [5.74, 6) is 0.384. The summed E-state index contributed by atoms with van der Waals surface area (Å²) in [6, 6.07) is 14.8. The van der Waals surface area contributed by atoms with Crippen molar-refractivity contribution in [1.82, 2.24) is 4.90 Å². The minimum atomic E-state index is -3.68. The van der Waals surface area contributed by atoms with Crippen molar-refractivity contribution in [3.8, 4) is 0 Å². The first-order chi connectivity index (χ1) is 12.2. The Hall–Kier alpha value is -2.34. The quantitative estimate of drug-likeness (QED) is 0.797. The number of rotatable bonds is 7. The predicted octanol–water partition coefficient (Wildman–Crippen LogP) is 3.99. The molecule has 0 radical (unpaired) electrons. The number of nitrogens with zero attached hydrogens (tertiary/aromatic N) is 1. The Balaban J connectivity index is 2.13. The van der Waals surface area contributed by atoms with Crippen LogP contribution in [0.2, 0.25) is 0 Å². The summed E-state index contributed by atoms with van der Waals surface area (Å²) in [6.45, 7) is 6.25. The average Bonchev–Trinajstić information content (AvgIpc) is 2.60. The molecular weight excluding hydrogens is 348 g/mol. The maximum atomic E-state index is 12.6. The van der Waals surface area contributed by atoms with Gasteiger partial charge in [-0.1, -0.05) is 32.0 Å². The number of carbonyl (C=O) groups excluding carboxylic acids is 1. The number of sulfonamides is 1. The fourth-order valence-electron chi connectivity index (χ4n) is 2.74.